The first-order valence-corrected chi connectivity index (χ1v) is 6.42. The average molecular weight is 242 g/mol. The van der Waals surface area contributed by atoms with Crippen molar-refractivity contribution in [2.45, 2.75) is 45.8 Å². The smallest absolute Gasteiger partial charge is 0.223 e. The molecule has 0 radical (unpaired) electrons. The van der Waals surface area contributed by atoms with E-state index in [1.54, 1.807) is 7.11 Å². The summed E-state index contributed by atoms with van der Waals surface area (Å²) in [5.41, 5.74) is -0.187. The van der Waals surface area contributed by atoms with E-state index in [0.29, 0.717) is 5.92 Å². The first-order chi connectivity index (χ1) is 7.85. The van der Waals surface area contributed by atoms with Crippen LogP contribution in [-0.2, 0) is 9.53 Å². The fraction of sp³-hybridized carbons (Fsp3) is 0.923. The Balaban J connectivity index is 2.34. The van der Waals surface area contributed by atoms with Crippen molar-refractivity contribution >= 4 is 5.91 Å². The molecule has 0 spiro atoms. The molecule has 2 N–H and O–H groups in total. The Morgan fingerprint density at radius 2 is 2.06 bits per heavy atom. The summed E-state index contributed by atoms with van der Waals surface area (Å²) in [6.07, 6.45) is 0.824. The van der Waals surface area contributed by atoms with Crippen LogP contribution in [0.25, 0.3) is 0 Å². The van der Waals surface area contributed by atoms with Crippen LogP contribution in [0.1, 0.15) is 34.1 Å². The second-order valence-corrected chi connectivity index (χ2v) is 5.78. The minimum Gasteiger partial charge on any atom is -0.379 e. The lowest BCUT2D eigenvalue weighted by molar-refractivity contribution is -0.127. The van der Waals surface area contributed by atoms with Crippen molar-refractivity contribution in [2.75, 3.05) is 20.2 Å². The van der Waals surface area contributed by atoms with Crippen molar-refractivity contribution in [3.8, 4) is 0 Å². The van der Waals surface area contributed by atoms with Gasteiger partial charge in [-0.25, -0.2) is 0 Å². The predicted octanol–water partition coefficient (Wildman–Crippen LogP) is 1.16. The summed E-state index contributed by atoms with van der Waals surface area (Å²) in [6, 6.07) is 0.146. The molecule has 0 aromatic heterocycles. The summed E-state index contributed by atoms with van der Waals surface area (Å²) in [4.78, 5) is 12.0. The topological polar surface area (TPSA) is 50.4 Å². The van der Waals surface area contributed by atoms with Crippen LogP contribution in [0.3, 0.4) is 0 Å². The molecule has 1 saturated heterocycles. The number of ether oxygens (including phenoxy) is 1. The van der Waals surface area contributed by atoms with Crippen molar-refractivity contribution in [3.05, 3.63) is 0 Å². The van der Waals surface area contributed by atoms with E-state index >= 15 is 0 Å². The highest BCUT2D eigenvalue weighted by atomic mass is 16.5. The summed E-state index contributed by atoms with van der Waals surface area (Å²) in [5.74, 6) is 0.762. The predicted molar refractivity (Wildman–Crippen MR) is 68.8 cm³/mol. The van der Waals surface area contributed by atoms with Crippen LogP contribution < -0.4 is 10.6 Å². The molecule has 2 atom stereocenters. The number of amides is 1. The molecule has 1 heterocycles. The first kappa shape index (κ1) is 14.5. The summed E-state index contributed by atoms with van der Waals surface area (Å²) in [6.45, 7) is 10.0. The molecule has 0 saturated carbocycles. The number of hydrogen-bond donors (Lipinski definition) is 2. The normalized spacial score (nSPS) is 20.5. The molecule has 2 unspecified atom stereocenters. The average Bonchev–Trinajstić information content (AvgIpc) is 2.13. The SMILES string of the molecule is COC(C)(C)CC(C)NC(=O)C(C)C1CNC1. The number of carbonyl (C=O) groups is 1. The zero-order valence-corrected chi connectivity index (χ0v) is 11.7. The quantitative estimate of drug-likeness (QED) is 0.735. The van der Waals surface area contributed by atoms with Gasteiger partial charge in [-0.1, -0.05) is 6.92 Å². The Hall–Kier alpha value is -0.610. The lowest BCUT2D eigenvalue weighted by atomic mass is 9.88. The molecule has 1 aliphatic rings. The number of methoxy groups -OCH3 is 1. The van der Waals surface area contributed by atoms with E-state index in [0.717, 1.165) is 19.5 Å². The van der Waals surface area contributed by atoms with Gasteiger partial charge in [0, 0.05) is 19.1 Å². The Bertz CT molecular complexity index is 262. The molecule has 1 rings (SSSR count). The van der Waals surface area contributed by atoms with Crippen molar-refractivity contribution in [2.24, 2.45) is 11.8 Å². The summed E-state index contributed by atoms with van der Waals surface area (Å²) < 4.78 is 5.37. The Morgan fingerprint density at radius 1 is 1.47 bits per heavy atom. The van der Waals surface area contributed by atoms with Gasteiger partial charge >= 0.3 is 0 Å². The molecule has 100 valence electrons. The van der Waals surface area contributed by atoms with E-state index in [1.165, 1.54) is 0 Å². The molecule has 0 aromatic rings. The Kier molecular flexibility index (Phi) is 4.95. The van der Waals surface area contributed by atoms with Crippen LogP contribution in [0, 0.1) is 11.8 Å². The highest BCUT2D eigenvalue weighted by Gasteiger charge is 2.30. The molecular formula is C13H26N2O2. The van der Waals surface area contributed by atoms with Crippen LogP contribution >= 0.6 is 0 Å². The number of carbonyl (C=O) groups excluding carboxylic acids is 1. The van der Waals surface area contributed by atoms with Gasteiger partial charge in [-0.15, -0.1) is 0 Å². The standard InChI is InChI=1S/C13H26N2O2/c1-9(6-13(3,4)17-5)15-12(16)10(2)11-7-14-8-11/h9-11,14H,6-8H2,1-5H3,(H,15,16). The highest BCUT2D eigenvalue weighted by Crippen LogP contribution is 2.18. The molecule has 0 aliphatic carbocycles. The largest absolute Gasteiger partial charge is 0.379 e. The monoisotopic (exact) mass is 242 g/mol. The van der Waals surface area contributed by atoms with Crippen molar-refractivity contribution < 1.29 is 9.53 Å². The minimum atomic E-state index is -0.187. The van der Waals surface area contributed by atoms with Gasteiger partial charge in [0.05, 0.1) is 5.60 Å². The summed E-state index contributed by atoms with van der Waals surface area (Å²) >= 11 is 0. The maximum absolute atomic E-state index is 12.0. The molecule has 1 aliphatic heterocycles. The van der Waals surface area contributed by atoms with Crippen LogP contribution in [0.15, 0.2) is 0 Å². The van der Waals surface area contributed by atoms with Gasteiger partial charge in [0.15, 0.2) is 0 Å². The molecule has 17 heavy (non-hydrogen) atoms. The summed E-state index contributed by atoms with van der Waals surface area (Å²) in [5, 5.41) is 6.27. The number of hydrogen-bond acceptors (Lipinski definition) is 3. The van der Waals surface area contributed by atoms with Gasteiger partial charge < -0.3 is 15.4 Å². The Morgan fingerprint density at radius 3 is 2.47 bits per heavy atom. The lowest BCUT2D eigenvalue weighted by Crippen LogP contribution is -2.51. The van der Waals surface area contributed by atoms with E-state index in [9.17, 15) is 4.79 Å². The van der Waals surface area contributed by atoms with E-state index in [4.69, 9.17) is 4.74 Å². The van der Waals surface area contributed by atoms with Crippen molar-refractivity contribution in [1.82, 2.24) is 10.6 Å². The Labute approximate surface area is 104 Å². The molecule has 4 nitrogen and oxygen atoms in total. The third-order valence-corrected chi connectivity index (χ3v) is 3.67. The van der Waals surface area contributed by atoms with E-state index < -0.39 is 0 Å². The van der Waals surface area contributed by atoms with Gasteiger partial charge in [0.2, 0.25) is 5.91 Å². The van der Waals surface area contributed by atoms with Crippen LogP contribution in [0.2, 0.25) is 0 Å². The maximum atomic E-state index is 12.0. The summed E-state index contributed by atoms with van der Waals surface area (Å²) in [7, 11) is 1.71. The van der Waals surface area contributed by atoms with E-state index in [2.05, 4.69) is 10.6 Å². The molecule has 4 heteroatoms. The third-order valence-electron chi connectivity index (χ3n) is 3.67. The van der Waals surface area contributed by atoms with Gasteiger partial charge in [0.25, 0.3) is 0 Å². The van der Waals surface area contributed by atoms with Crippen LogP contribution in [0.4, 0.5) is 0 Å². The van der Waals surface area contributed by atoms with Crippen molar-refractivity contribution in [1.29, 1.82) is 0 Å². The first-order valence-electron chi connectivity index (χ1n) is 6.42. The van der Waals surface area contributed by atoms with Crippen LogP contribution in [-0.4, -0.2) is 37.7 Å². The second kappa shape index (κ2) is 5.83. The fourth-order valence-electron chi connectivity index (χ4n) is 2.12. The zero-order valence-electron chi connectivity index (χ0n) is 11.7. The lowest BCUT2D eigenvalue weighted by Gasteiger charge is -2.33. The molecule has 0 aromatic carbocycles. The fourth-order valence-corrected chi connectivity index (χ4v) is 2.12. The molecular weight excluding hydrogens is 216 g/mol. The minimum absolute atomic E-state index is 0.101. The second-order valence-electron chi connectivity index (χ2n) is 5.78. The van der Waals surface area contributed by atoms with Crippen molar-refractivity contribution in [3.63, 3.8) is 0 Å². The van der Waals surface area contributed by atoms with E-state index in [1.807, 2.05) is 27.7 Å². The van der Waals surface area contributed by atoms with Gasteiger partial charge in [-0.3, -0.25) is 4.79 Å². The van der Waals surface area contributed by atoms with Gasteiger partial charge in [-0.05, 0) is 46.2 Å². The molecule has 0 bridgehead atoms. The van der Waals surface area contributed by atoms with Gasteiger partial charge in [0.1, 0.15) is 0 Å². The van der Waals surface area contributed by atoms with Crippen LogP contribution in [0.5, 0.6) is 0 Å². The van der Waals surface area contributed by atoms with E-state index in [-0.39, 0.29) is 23.5 Å². The number of nitrogens with one attached hydrogen (secondary N) is 2. The zero-order chi connectivity index (χ0) is 13.1. The highest BCUT2D eigenvalue weighted by molar-refractivity contribution is 5.79. The number of rotatable bonds is 6. The molecule has 1 amide bonds. The molecule has 1 fully saturated rings. The van der Waals surface area contributed by atoms with Gasteiger partial charge in [-0.2, -0.15) is 0 Å². The third kappa shape index (κ3) is 4.28. The maximum Gasteiger partial charge on any atom is 0.223 e.